The molecule has 0 aliphatic heterocycles. The molecule has 2 atom stereocenters. The summed E-state index contributed by atoms with van der Waals surface area (Å²) >= 11 is 0. The van der Waals surface area contributed by atoms with Crippen LogP contribution >= 0.6 is 0 Å². The second-order valence-electron chi connectivity index (χ2n) is 12.5. The van der Waals surface area contributed by atoms with Crippen LogP contribution in [0, 0.1) is 19.8 Å². The fourth-order valence-electron chi connectivity index (χ4n) is 4.29. The number of unbranched alkanes of at least 4 members (excludes halogenated alkanes) is 2. The maximum Gasteiger partial charge on any atom is 0.408 e. The molecule has 0 radical (unpaired) electrons. The number of ether oxygens (including phenoxy) is 1. The van der Waals surface area contributed by atoms with E-state index in [4.69, 9.17) is 4.74 Å². The van der Waals surface area contributed by atoms with E-state index in [0.717, 1.165) is 36.0 Å². The highest BCUT2D eigenvalue weighted by molar-refractivity contribution is 5.93. The fourth-order valence-corrected chi connectivity index (χ4v) is 4.29. The average molecular weight is 518 g/mol. The molecule has 2 unspecified atom stereocenters. The number of rotatable bonds is 11. The number of carbonyl (C=O) groups excluding carboxylic acids is 3. The first kappa shape index (κ1) is 32.5. The van der Waals surface area contributed by atoms with Crippen LogP contribution in [-0.2, 0) is 14.3 Å². The van der Waals surface area contributed by atoms with Crippen LogP contribution in [0.3, 0.4) is 0 Å². The van der Waals surface area contributed by atoms with Crippen LogP contribution in [0.1, 0.15) is 111 Å². The lowest BCUT2D eigenvalue weighted by molar-refractivity contribution is -0.148. The minimum Gasteiger partial charge on any atom is -0.444 e. The molecule has 0 saturated carbocycles. The second kappa shape index (κ2) is 13.8. The van der Waals surface area contributed by atoms with Crippen molar-refractivity contribution in [2.75, 3.05) is 6.54 Å². The van der Waals surface area contributed by atoms with Crippen molar-refractivity contribution in [2.24, 2.45) is 5.92 Å². The summed E-state index contributed by atoms with van der Waals surface area (Å²) in [6.45, 7) is 21.7. The molecular formula is C30H51N3O4. The topological polar surface area (TPSA) is 87.7 Å². The molecule has 0 aliphatic rings. The number of nitrogens with one attached hydrogen (secondary N) is 2. The molecule has 0 aromatic heterocycles. The summed E-state index contributed by atoms with van der Waals surface area (Å²) in [6.07, 6.45) is 2.72. The van der Waals surface area contributed by atoms with Gasteiger partial charge < -0.3 is 20.3 Å². The van der Waals surface area contributed by atoms with E-state index in [-0.39, 0.29) is 17.7 Å². The van der Waals surface area contributed by atoms with Crippen molar-refractivity contribution in [3.05, 3.63) is 34.9 Å². The van der Waals surface area contributed by atoms with Crippen molar-refractivity contribution < 1.29 is 19.1 Å². The van der Waals surface area contributed by atoms with Crippen LogP contribution in [0.25, 0.3) is 0 Å². The summed E-state index contributed by atoms with van der Waals surface area (Å²) in [6, 6.07) is 4.29. The summed E-state index contributed by atoms with van der Waals surface area (Å²) in [7, 11) is 0. The number of hydrogen-bond donors (Lipinski definition) is 2. The van der Waals surface area contributed by atoms with Crippen LogP contribution in [0.4, 0.5) is 4.79 Å². The Hall–Kier alpha value is -2.57. The predicted octanol–water partition coefficient (Wildman–Crippen LogP) is 6.22. The van der Waals surface area contributed by atoms with E-state index in [1.807, 2.05) is 66.7 Å². The standard InChI is InChI=1S/C30H51N3O4/c1-12-13-14-17-31-26(34)25(23-19-21(4)15-16-22(23)5)33(29(6,7)8)27(35)24(18-20(2)3)32-28(36)37-30(9,10)11/h15-16,19-20,24-25H,12-14,17-18H2,1-11H3,(H,31,34)(H,32,36). The Morgan fingerprint density at radius 2 is 1.62 bits per heavy atom. The zero-order valence-corrected chi connectivity index (χ0v) is 25.1. The highest BCUT2D eigenvalue weighted by Crippen LogP contribution is 2.33. The summed E-state index contributed by atoms with van der Waals surface area (Å²) in [5.41, 5.74) is 1.33. The molecule has 0 heterocycles. The molecule has 0 spiro atoms. The first-order valence-corrected chi connectivity index (χ1v) is 13.7. The number of nitrogens with zero attached hydrogens (tertiary/aromatic N) is 1. The molecule has 1 rings (SSSR count). The van der Waals surface area contributed by atoms with Gasteiger partial charge in [-0.05, 0) is 85.3 Å². The molecule has 0 aliphatic carbocycles. The lowest BCUT2D eigenvalue weighted by Crippen LogP contribution is -2.59. The van der Waals surface area contributed by atoms with Gasteiger partial charge in [-0.15, -0.1) is 0 Å². The van der Waals surface area contributed by atoms with E-state index >= 15 is 0 Å². The molecule has 1 aromatic rings. The predicted molar refractivity (Wildman–Crippen MR) is 150 cm³/mol. The van der Waals surface area contributed by atoms with E-state index in [0.29, 0.717) is 13.0 Å². The Labute approximate surface area is 225 Å². The van der Waals surface area contributed by atoms with Crippen LogP contribution in [0.5, 0.6) is 0 Å². The van der Waals surface area contributed by atoms with E-state index in [1.54, 1.807) is 25.7 Å². The van der Waals surface area contributed by atoms with Crippen LogP contribution in [-0.4, -0.2) is 46.5 Å². The van der Waals surface area contributed by atoms with Gasteiger partial charge in [0.05, 0.1) is 0 Å². The van der Waals surface area contributed by atoms with Gasteiger partial charge in [0.1, 0.15) is 17.7 Å². The molecular weight excluding hydrogens is 466 g/mol. The highest BCUT2D eigenvalue weighted by Gasteiger charge is 2.42. The Balaban J connectivity index is 3.58. The molecule has 3 amide bonds. The van der Waals surface area contributed by atoms with E-state index in [1.165, 1.54) is 0 Å². The Morgan fingerprint density at radius 1 is 1.00 bits per heavy atom. The van der Waals surface area contributed by atoms with Crippen molar-refractivity contribution in [3.8, 4) is 0 Å². The fraction of sp³-hybridized carbons (Fsp3) is 0.700. The molecule has 7 nitrogen and oxygen atoms in total. The van der Waals surface area contributed by atoms with E-state index in [9.17, 15) is 14.4 Å². The number of alkyl carbamates (subject to hydrolysis) is 1. The first-order chi connectivity index (χ1) is 17.0. The third kappa shape index (κ3) is 10.7. The zero-order valence-electron chi connectivity index (χ0n) is 25.1. The lowest BCUT2D eigenvalue weighted by Gasteiger charge is -2.43. The highest BCUT2D eigenvalue weighted by atomic mass is 16.6. The minimum absolute atomic E-state index is 0.132. The largest absolute Gasteiger partial charge is 0.444 e. The summed E-state index contributed by atoms with van der Waals surface area (Å²) in [5.74, 6) is -0.386. The monoisotopic (exact) mass is 517 g/mol. The number of carbonyl (C=O) groups is 3. The summed E-state index contributed by atoms with van der Waals surface area (Å²) < 4.78 is 5.47. The van der Waals surface area contributed by atoms with Crippen LogP contribution in [0.2, 0.25) is 0 Å². The molecule has 210 valence electrons. The maximum atomic E-state index is 14.3. The quantitative estimate of drug-likeness (QED) is 0.341. The van der Waals surface area contributed by atoms with Crippen molar-refractivity contribution in [3.63, 3.8) is 0 Å². The Bertz CT molecular complexity index is 912. The molecule has 7 heteroatoms. The van der Waals surface area contributed by atoms with Gasteiger partial charge in [-0.1, -0.05) is 57.4 Å². The third-order valence-electron chi connectivity index (χ3n) is 5.97. The first-order valence-electron chi connectivity index (χ1n) is 13.7. The SMILES string of the molecule is CCCCCNC(=O)C(c1cc(C)ccc1C)N(C(=O)C(CC(C)C)NC(=O)OC(C)(C)C)C(C)(C)C. The summed E-state index contributed by atoms with van der Waals surface area (Å²) in [4.78, 5) is 42.5. The lowest BCUT2D eigenvalue weighted by atomic mass is 9.91. The maximum absolute atomic E-state index is 14.3. The summed E-state index contributed by atoms with van der Waals surface area (Å²) in [5, 5.41) is 5.88. The van der Waals surface area contributed by atoms with Gasteiger partial charge in [0, 0.05) is 12.1 Å². The van der Waals surface area contributed by atoms with Gasteiger partial charge in [0.25, 0.3) is 0 Å². The number of amides is 3. The molecule has 2 N–H and O–H groups in total. The average Bonchev–Trinajstić information content (AvgIpc) is 2.73. The minimum atomic E-state index is -0.843. The van der Waals surface area contributed by atoms with Gasteiger partial charge in [0.15, 0.2) is 0 Å². The van der Waals surface area contributed by atoms with Crippen LogP contribution < -0.4 is 10.6 Å². The smallest absolute Gasteiger partial charge is 0.408 e. The van der Waals surface area contributed by atoms with Crippen LogP contribution in [0.15, 0.2) is 18.2 Å². The molecule has 0 saturated heterocycles. The number of aryl methyl sites for hydroxylation is 2. The third-order valence-corrected chi connectivity index (χ3v) is 5.97. The number of benzene rings is 1. The zero-order chi connectivity index (χ0) is 28.6. The van der Waals surface area contributed by atoms with Gasteiger partial charge in [-0.3, -0.25) is 9.59 Å². The molecule has 1 aromatic carbocycles. The number of hydrogen-bond acceptors (Lipinski definition) is 4. The van der Waals surface area contributed by atoms with Gasteiger partial charge in [0.2, 0.25) is 11.8 Å². The Kier molecular flexibility index (Phi) is 12.1. The van der Waals surface area contributed by atoms with E-state index < -0.39 is 29.3 Å². The van der Waals surface area contributed by atoms with Gasteiger partial charge >= 0.3 is 6.09 Å². The molecule has 0 fully saturated rings. The van der Waals surface area contributed by atoms with Gasteiger partial charge in [-0.25, -0.2) is 4.79 Å². The normalized spacial score (nSPS) is 13.6. The second-order valence-corrected chi connectivity index (χ2v) is 12.5. The van der Waals surface area contributed by atoms with E-state index in [2.05, 4.69) is 17.6 Å². The van der Waals surface area contributed by atoms with Crippen molar-refractivity contribution >= 4 is 17.9 Å². The van der Waals surface area contributed by atoms with Crippen molar-refractivity contribution in [2.45, 2.75) is 125 Å². The molecule has 37 heavy (non-hydrogen) atoms. The van der Waals surface area contributed by atoms with Crippen molar-refractivity contribution in [1.29, 1.82) is 0 Å². The Morgan fingerprint density at radius 3 is 2.14 bits per heavy atom. The van der Waals surface area contributed by atoms with Crippen molar-refractivity contribution in [1.82, 2.24) is 15.5 Å². The molecule has 0 bridgehead atoms. The van der Waals surface area contributed by atoms with Gasteiger partial charge in [-0.2, -0.15) is 0 Å².